The first-order valence-electron chi connectivity index (χ1n) is 8.57. The number of rotatable bonds is 4. The fraction of sp³-hybridized carbons (Fsp3) is 0.364. The quantitative estimate of drug-likeness (QED) is 0.666. The average molecular weight is 306 g/mol. The molecule has 1 nitrogen and oxygen atoms in total. The SMILES string of the molecule is COc1ccc(/C=C/C2(C)CCC(c3ccccc3)CC2)cc1. The molecule has 0 amide bonds. The zero-order valence-corrected chi connectivity index (χ0v) is 14.2. The molecule has 1 aliphatic rings. The summed E-state index contributed by atoms with van der Waals surface area (Å²) >= 11 is 0. The van der Waals surface area contributed by atoms with Crippen molar-refractivity contribution in [2.75, 3.05) is 7.11 Å². The van der Waals surface area contributed by atoms with E-state index in [-0.39, 0.29) is 0 Å². The predicted molar refractivity (Wildman–Crippen MR) is 97.8 cm³/mol. The van der Waals surface area contributed by atoms with Gasteiger partial charge in [0.15, 0.2) is 0 Å². The Morgan fingerprint density at radius 1 is 0.957 bits per heavy atom. The largest absolute Gasteiger partial charge is 0.497 e. The van der Waals surface area contributed by atoms with Gasteiger partial charge < -0.3 is 4.74 Å². The molecule has 0 unspecified atom stereocenters. The molecular weight excluding hydrogens is 280 g/mol. The molecule has 0 heterocycles. The normalized spacial score (nSPS) is 24.7. The lowest BCUT2D eigenvalue weighted by Crippen LogP contribution is -2.21. The molecule has 120 valence electrons. The number of hydrogen-bond acceptors (Lipinski definition) is 1. The second-order valence-corrected chi connectivity index (χ2v) is 6.95. The zero-order valence-electron chi connectivity index (χ0n) is 14.2. The van der Waals surface area contributed by atoms with E-state index >= 15 is 0 Å². The van der Waals surface area contributed by atoms with Crippen LogP contribution < -0.4 is 4.74 Å². The van der Waals surface area contributed by atoms with Gasteiger partial charge >= 0.3 is 0 Å². The second-order valence-electron chi connectivity index (χ2n) is 6.95. The summed E-state index contributed by atoms with van der Waals surface area (Å²) in [6, 6.07) is 19.3. The van der Waals surface area contributed by atoms with Crippen LogP contribution in [0.3, 0.4) is 0 Å². The molecule has 1 aliphatic carbocycles. The lowest BCUT2D eigenvalue weighted by atomic mass is 9.70. The Bertz CT molecular complexity index is 631. The van der Waals surface area contributed by atoms with Crippen molar-refractivity contribution in [3.05, 3.63) is 71.8 Å². The van der Waals surface area contributed by atoms with Crippen LogP contribution in [0.5, 0.6) is 5.75 Å². The van der Waals surface area contributed by atoms with E-state index in [1.807, 2.05) is 12.1 Å². The third kappa shape index (κ3) is 4.04. The van der Waals surface area contributed by atoms with Crippen LogP contribution in [0, 0.1) is 5.41 Å². The lowest BCUT2D eigenvalue weighted by molar-refractivity contribution is 0.262. The van der Waals surface area contributed by atoms with E-state index in [1.54, 1.807) is 7.11 Å². The molecule has 23 heavy (non-hydrogen) atoms. The van der Waals surface area contributed by atoms with E-state index in [0.717, 1.165) is 11.7 Å². The summed E-state index contributed by atoms with van der Waals surface area (Å²) in [5.41, 5.74) is 3.08. The highest BCUT2D eigenvalue weighted by Crippen LogP contribution is 2.43. The minimum Gasteiger partial charge on any atom is -0.497 e. The van der Waals surface area contributed by atoms with Crippen molar-refractivity contribution < 1.29 is 4.74 Å². The van der Waals surface area contributed by atoms with Gasteiger partial charge in [0.2, 0.25) is 0 Å². The summed E-state index contributed by atoms with van der Waals surface area (Å²) in [5.74, 6) is 1.65. The first-order chi connectivity index (χ1) is 11.2. The highest BCUT2D eigenvalue weighted by Gasteiger charge is 2.29. The summed E-state index contributed by atoms with van der Waals surface area (Å²) in [6.07, 6.45) is 9.78. The maximum Gasteiger partial charge on any atom is 0.118 e. The van der Waals surface area contributed by atoms with Gasteiger partial charge in [-0.3, -0.25) is 0 Å². The van der Waals surface area contributed by atoms with Crippen LogP contribution in [-0.4, -0.2) is 7.11 Å². The fourth-order valence-electron chi connectivity index (χ4n) is 3.51. The Morgan fingerprint density at radius 2 is 1.61 bits per heavy atom. The lowest BCUT2D eigenvalue weighted by Gasteiger charge is -2.35. The molecule has 1 saturated carbocycles. The molecule has 0 spiro atoms. The maximum absolute atomic E-state index is 5.21. The number of benzene rings is 2. The second kappa shape index (κ2) is 7.04. The van der Waals surface area contributed by atoms with Crippen LogP contribution in [-0.2, 0) is 0 Å². The van der Waals surface area contributed by atoms with Crippen LogP contribution >= 0.6 is 0 Å². The third-order valence-electron chi connectivity index (χ3n) is 5.19. The van der Waals surface area contributed by atoms with Crippen LogP contribution in [0.15, 0.2) is 60.7 Å². The minimum atomic E-state index is 0.325. The first kappa shape index (κ1) is 15.9. The van der Waals surface area contributed by atoms with E-state index in [4.69, 9.17) is 4.74 Å². The summed E-state index contributed by atoms with van der Waals surface area (Å²) in [6.45, 7) is 2.40. The van der Waals surface area contributed by atoms with Crippen molar-refractivity contribution >= 4 is 6.08 Å². The number of ether oxygens (including phenoxy) is 1. The Labute approximate surface area is 140 Å². The smallest absolute Gasteiger partial charge is 0.118 e. The summed E-state index contributed by atoms with van der Waals surface area (Å²) in [7, 11) is 1.71. The maximum atomic E-state index is 5.21. The van der Waals surface area contributed by atoms with Gasteiger partial charge in [-0.2, -0.15) is 0 Å². The third-order valence-corrected chi connectivity index (χ3v) is 5.19. The number of hydrogen-bond donors (Lipinski definition) is 0. The van der Waals surface area contributed by atoms with Gasteiger partial charge in [0.1, 0.15) is 5.75 Å². The van der Waals surface area contributed by atoms with Crippen molar-refractivity contribution in [2.45, 2.75) is 38.5 Å². The molecule has 0 aliphatic heterocycles. The zero-order chi connectivity index (χ0) is 16.1. The molecule has 1 fully saturated rings. The van der Waals surface area contributed by atoms with Crippen molar-refractivity contribution in [1.29, 1.82) is 0 Å². The molecule has 0 radical (unpaired) electrons. The topological polar surface area (TPSA) is 9.23 Å². The molecule has 3 rings (SSSR count). The van der Waals surface area contributed by atoms with Gasteiger partial charge in [-0.25, -0.2) is 0 Å². The van der Waals surface area contributed by atoms with Gasteiger partial charge in [-0.05, 0) is 60.3 Å². The molecule has 2 aromatic rings. The number of methoxy groups -OCH3 is 1. The molecule has 0 atom stereocenters. The van der Waals surface area contributed by atoms with Crippen molar-refractivity contribution in [3.8, 4) is 5.75 Å². The van der Waals surface area contributed by atoms with Crippen molar-refractivity contribution in [3.63, 3.8) is 0 Å². The van der Waals surface area contributed by atoms with Crippen LogP contribution in [0.4, 0.5) is 0 Å². The number of allylic oxidation sites excluding steroid dienone is 1. The Morgan fingerprint density at radius 3 is 2.22 bits per heavy atom. The molecule has 0 bridgehead atoms. The van der Waals surface area contributed by atoms with E-state index in [1.165, 1.54) is 36.8 Å². The minimum absolute atomic E-state index is 0.325. The monoisotopic (exact) mass is 306 g/mol. The molecule has 1 heteroatoms. The molecule has 0 N–H and O–H groups in total. The fourth-order valence-corrected chi connectivity index (χ4v) is 3.51. The van der Waals surface area contributed by atoms with Crippen LogP contribution in [0.2, 0.25) is 0 Å². The first-order valence-corrected chi connectivity index (χ1v) is 8.57. The Hall–Kier alpha value is -2.02. The van der Waals surface area contributed by atoms with E-state index in [0.29, 0.717) is 5.41 Å². The van der Waals surface area contributed by atoms with Gasteiger partial charge in [0.05, 0.1) is 7.11 Å². The summed E-state index contributed by atoms with van der Waals surface area (Å²) < 4.78 is 5.21. The molecular formula is C22H26O. The highest BCUT2D eigenvalue weighted by atomic mass is 16.5. The van der Waals surface area contributed by atoms with Crippen LogP contribution in [0.25, 0.3) is 6.08 Å². The van der Waals surface area contributed by atoms with Gasteiger partial charge in [0.25, 0.3) is 0 Å². The van der Waals surface area contributed by atoms with E-state index in [9.17, 15) is 0 Å². The van der Waals surface area contributed by atoms with Gasteiger partial charge in [-0.1, -0.05) is 61.5 Å². The average Bonchev–Trinajstić information content (AvgIpc) is 2.62. The Balaban J connectivity index is 1.61. The van der Waals surface area contributed by atoms with E-state index < -0.39 is 0 Å². The predicted octanol–water partition coefficient (Wildman–Crippen LogP) is 6.07. The van der Waals surface area contributed by atoms with Gasteiger partial charge in [-0.15, -0.1) is 0 Å². The van der Waals surface area contributed by atoms with E-state index in [2.05, 4.69) is 61.5 Å². The summed E-state index contributed by atoms with van der Waals surface area (Å²) in [4.78, 5) is 0. The Kier molecular flexibility index (Phi) is 4.85. The van der Waals surface area contributed by atoms with Crippen molar-refractivity contribution in [1.82, 2.24) is 0 Å². The standard InChI is InChI=1S/C22H26O/c1-22(15-12-18-8-10-21(23-2)11-9-18)16-13-20(14-17-22)19-6-4-3-5-7-19/h3-12,15,20H,13-14,16-17H2,1-2H3/b15-12+. The molecule has 0 saturated heterocycles. The summed E-state index contributed by atoms with van der Waals surface area (Å²) in [5, 5.41) is 0. The van der Waals surface area contributed by atoms with Crippen molar-refractivity contribution in [2.24, 2.45) is 5.41 Å². The molecule has 0 aromatic heterocycles. The molecule has 2 aromatic carbocycles. The highest BCUT2D eigenvalue weighted by molar-refractivity contribution is 5.51. The van der Waals surface area contributed by atoms with Gasteiger partial charge in [0, 0.05) is 0 Å². The van der Waals surface area contributed by atoms with Crippen LogP contribution in [0.1, 0.15) is 49.7 Å².